The molecule has 0 radical (unpaired) electrons. The summed E-state index contributed by atoms with van der Waals surface area (Å²) < 4.78 is 44.2. The maximum absolute atomic E-state index is 12.8. The van der Waals surface area contributed by atoms with Crippen molar-refractivity contribution in [3.8, 4) is 11.4 Å². The molecule has 7 nitrogen and oxygen atoms in total. The van der Waals surface area contributed by atoms with Gasteiger partial charge in [0.25, 0.3) is 5.91 Å². The molecule has 0 saturated carbocycles. The van der Waals surface area contributed by atoms with Gasteiger partial charge in [0.15, 0.2) is 5.69 Å². The van der Waals surface area contributed by atoms with Crippen LogP contribution in [0.1, 0.15) is 29.0 Å². The molecule has 3 aromatic rings. The molecule has 0 fully saturated rings. The fourth-order valence-corrected chi connectivity index (χ4v) is 2.50. The van der Waals surface area contributed by atoms with Crippen molar-refractivity contribution in [3.05, 3.63) is 53.7 Å². The molecule has 0 aliphatic rings. The molecule has 0 bridgehead atoms. The van der Waals surface area contributed by atoms with E-state index in [-0.39, 0.29) is 12.1 Å². The van der Waals surface area contributed by atoms with Crippen LogP contribution in [0, 0.1) is 0 Å². The molecule has 27 heavy (non-hydrogen) atoms. The second-order valence-corrected chi connectivity index (χ2v) is 5.99. The van der Waals surface area contributed by atoms with Gasteiger partial charge in [-0.3, -0.25) is 9.48 Å². The molecule has 3 rings (SSSR count). The van der Waals surface area contributed by atoms with Crippen LogP contribution in [-0.4, -0.2) is 31.9 Å². The standard InChI is InChI=1S/C17H16F3N5O2/c1-10(8-14-22-15(24-27-14)11-6-4-3-5-7-11)21-16(26)12-9-13(17(18,19)20)25(2)23-12/h3-7,9-10H,8H2,1-2H3,(H,21,26). The van der Waals surface area contributed by atoms with E-state index in [0.29, 0.717) is 22.5 Å². The first-order valence-electron chi connectivity index (χ1n) is 8.04. The van der Waals surface area contributed by atoms with Gasteiger partial charge in [-0.15, -0.1) is 0 Å². The van der Waals surface area contributed by atoms with Crippen molar-refractivity contribution in [3.63, 3.8) is 0 Å². The van der Waals surface area contributed by atoms with Crippen LogP contribution >= 0.6 is 0 Å². The third-order valence-electron chi connectivity index (χ3n) is 3.76. The number of hydrogen-bond donors (Lipinski definition) is 1. The van der Waals surface area contributed by atoms with Crippen LogP contribution in [0.25, 0.3) is 11.4 Å². The smallest absolute Gasteiger partial charge is 0.348 e. The van der Waals surface area contributed by atoms with Crippen LogP contribution < -0.4 is 5.32 Å². The number of carbonyl (C=O) groups excluding carboxylic acids is 1. The molecule has 0 aliphatic heterocycles. The number of carbonyl (C=O) groups is 1. The van der Waals surface area contributed by atoms with Crippen molar-refractivity contribution in [2.75, 3.05) is 0 Å². The molecule has 0 saturated heterocycles. The van der Waals surface area contributed by atoms with Gasteiger partial charge in [-0.25, -0.2) is 0 Å². The molecule has 2 aromatic heterocycles. The van der Waals surface area contributed by atoms with Crippen LogP contribution in [0.4, 0.5) is 13.2 Å². The van der Waals surface area contributed by atoms with Crippen molar-refractivity contribution >= 4 is 5.91 Å². The summed E-state index contributed by atoms with van der Waals surface area (Å²) in [4.78, 5) is 16.4. The van der Waals surface area contributed by atoms with Gasteiger partial charge in [-0.1, -0.05) is 35.5 Å². The Bertz CT molecular complexity index is 934. The lowest BCUT2D eigenvalue weighted by Gasteiger charge is -2.10. The first-order chi connectivity index (χ1) is 12.7. The fraction of sp³-hybridized carbons (Fsp3) is 0.294. The molecule has 10 heteroatoms. The summed E-state index contributed by atoms with van der Waals surface area (Å²) in [5, 5.41) is 10.1. The zero-order chi connectivity index (χ0) is 19.6. The second-order valence-electron chi connectivity index (χ2n) is 5.99. The van der Waals surface area contributed by atoms with Crippen molar-refractivity contribution < 1.29 is 22.5 Å². The Kier molecular flexibility index (Phi) is 4.98. The second kappa shape index (κ2) is 7.22. The number of rotatable bonds is 5. The Labute approximate surface area is 152 Å². The highest BCUT2D eigenvalue weighted by molar-refractivity contribution is 5.92. The van der Waals surface area contributed by atoms with E-state index >= 15 is 0 Å². The molecule has 1 N–H and O–H groups in total. The predicted octanol–water partition coefficient (Wildman–Crippen LogP) is 2.85. The summed E-state index contributed by atoms with van der Waals surface area (Å²) >= 11 is 0. The predicted molar refractivity (Wildman–Crippen MR) is 88.6 cm³/mol. The highest BCUT2D eigenvalue weighted by Crippen LogP contribution is 2.29. The molecule has 142 valence electrons. The van der Waals surface area contributed by atoms with Gasteiger partial charge in [0.05, 0.1) is 0 Å². The number of nitrogens with one attached hydrogen (secondary N) is 1. The Morgan fingerprint density at radius 2 is 2.00 bits per heavy atom. The minimum absolute atomic E-state index is 0.227. The van der Waals surface area contributed by atoms with Crippen LogP contribution in [0.5, 0.6) is 0 Å². The van der Waals surface area contributed by atoms with Gasteiger partial charge < -0.3 is 9.84 Å². The summed E-state index contributed by atoms with van der Waals surface area (Å²) in [6, 6.07) is 9.48. The summed E-state index contributed by atoms with van der Waals surface area (Å²) in [5.74, 6) is 0.0127. The molecular formula is C17H16F3N5O2. The van der Waals surface area contributed by atoms with Gasteiger partial charge >= 0.3 is 6.18 Å². The van der Waals surface area contributed by atoms with E-state index in [0.717, 1.165) is 12.6 Å². The number of nitrogens with zero attached hydrogens (tertiary/aromatic N) is 4. The maximum atomic E-state index is 12.8. The zero-order valence-corrected chi connectivity index (χ0v) is 14.5. The molecule has 1 unspecified atom stereocenters. The van der Waals surface area contributed by atoms with Crippen molar-refractivity contribution in [1.82, 2.24) is 25.2 Å². The lowest BCUT2D eigenvalue weighted by atomic mass is 10.2. The first kappa shape index (κ1) is 18.6. The minimum Gasteiger partial charge on any atom is -0.348 e. The van der Waals surface area contributed by atoms with E-state index in [1.165, 1.54) is 0 Å². The SMILES string of the molecule is CC(Cc1nc(-c2ccccc2)no1)NC(=O)c1cc(C(F)(F)F)n(C)n1. The minimum atomic E-state index is -4.58. The zero-order valence-electron chi connectivity index (χ0n) is 14.5. The van der Waals surface area contributed by atoms with E-state index in [9.17, 15) is 18.0 Å². The number of halogens is 3. The highest BCUT2D eigenvalue weighted by atomic mass is 19.4. The van der Waals surface area contributed by atoms with Crippen LogP contribution in [0.3, 0.4) is 0 Å². The van der Waals surface area contributed by atoms with Crippen LogP contribution in [0.15, 0.2) is 40.9 Å². The molecule has 0 aliphatic carbocycles. The van der Waals surface area contributed by atoms with Crippen LogP contribution in [-0.2, 0) is 19.6 Å². The third-order valence-corrected chi connectivity index (χ3v) is 3.76. The Morgan fingerprint density at radius 3 is 2.63 bits per heavy atom. The summed E-state index contributed by atoms with van der Waals surface area (Å²) in [7, 11) is 1.13. The number of aryl methyl sites for hydroxylation is 1. The maximum Gasteiger partial charge on any atom is 0.433 e. The first-order valence-corrected chi connectivity index (χ1v) is 8.04. The molecule has 0 spiro atoms. The van der Waals surface area contributed by atoms with E-state index in [2.05, 4.69) is 20.6 Å². The number of amides is 1. The number of alkyl halides is 3. The normalized spacial score (nSPS) is 12.8. The lowest BCUT2D eigenvalue weighted by molar-refractivity contribution is -0.143. The molecule has 1 amide bonds. The number of benzene rings is 1. The third kappa shape index (κ3) is 4.33. The lowest BCUT2D eigenvalue weighted by Crippen LogP contribution is -2.34. The Balaban J connectivity index is 1.64. The molecule has 1 aromatic carbocycles. The van der Waals surface area contributed by atoms with Gasteiger partial charge in [-0.2, -0.15) is 23.3 Å². The Morgan fingerprint density at radius 1 is 1.30 bits per heavy atom. The monoisotopic (exact) mass is 379 g/mol. The fourth-order valence-electron chi connectivity index (χ4n) is 2.50. The summed E-state index contributed by atoms with van der Waals surface area (Å²) in [5.41, 5.74) is -0.519. The molecule has 1 atom stereocenters. The van der Waals surface area contributed by atoms with Crippen LogP contribution in [0.2, 0.25) is 0 Å². The summed E-state index contributed by atoms with van der Waals surface area (Å²) in [6.07, 6.45) is -4.35. The van der Waals surface area contributed by atoms with E-state index in [1.54, 1.807) is 6.92 Å². The van der Waals surface area contributed by atoms with Crippen molar-refractivity contribution in [1.29, 1.82) is 0 Å². The van der Waals surface area contributed by atoms with Crippen molar-refractivity contribution in [2.45, 2.75) is 25.6 Å². The van der Waals surface area contributed by atoms with E-state index in [1.807, 2.05) is 30.3 Å². The van der Waals surface area contributed by atoms with Gasteiger partial charge in [0.1, 0.15) is 5.69 Å². The average molecular weight is 379 g/mol. The molecular weight excluding hydrogens is 363 g/mol. The van der Waals surface area contributed by atoms with Crippen molar-refractivity contribution in [2.24, 2.45) is 7.05 Å². The van der Waals surface area contributed by atoms with Gasteiger partial charge in [-0.05, 0) is 6.92 Å². The van der Waals surface area contributed by atoms with E-state index < -0.39 is 23.8 Å². The number of hydrogen-bond acceptors (Lipinski definition) is 5. The molecule has 2 heterocycles. The average Bonchev–Trinajstić information content (AvgIpc) is 3.22. The quantitative estimate of drug-likeness (QED) is 0.737. The van der Waals surface area contributed by atoms with Gasteiger partial charge in [0.2, 0.25) is 11.7 Å². The Hall–Kier alpha value is -3.17. The highest BCUT2D eigenvalue weighted by Gasteiger charge is 2.35. The topological polar surface area (TPSA) is 85.8 Å². The van der Waals surface area contributed by atoms with Gasteiger partial charge in [0, 0.05) is 31.1 Å². The number of aromatic nitrogens is 4. The summed E-state index contributed by atoms with van der Waals surface area (Å²) in [6.45, 7) is 1.68. The largest absolute Gasteiger partial charge is 0.433 e. The van der Waals surface area contributed by atoms with E-state index in [4.69, 9.17) is 4.52 Å².